The standard InChI is InChI=1S/C8H16N2/c1-2-7-3-5-10-8(7)6-9-4-1/h7-10H,1-6H2. The normalized spacial score (nSPS) is 40.8. The third-order valence-electron chi connectivity index (χ3n) is 2.78. The summed E-state index contributed by atoms with van der Waals surface area (Å²) in [6.45, 7) is 3.68. The summed E-state index contributed by atoms with van der Waals surface area (Å²) in [5.41, 5.74) is 0. The van der Waals surface area contributed by atoms with Gasteiger partial charge in [0.05, 0.1) is 0 Å². The molecule has 2 atom stereocenters. The fraction of sp³-hybridized carbons (Fsp3) is 1.00. The lowest BCUT2D eigenvalue weighted by Crippen LogP contribution is -2.35. The highest BCUT2D eigenvalue weighted by molar-refractivity contribution is 4.87. The van der Waals surface area contributed by atoms with E-state index in [1.807, 2.05) is 0 Å². The summed E-state index contributed by atoms with van der Waals surface area (Å²) in [7, 11) is 0. The topological polar surface area (TPSA) is 24.1 Å². The van der Waals surface area contributed by atoms with Crippen LogP contribution < -0.4 is 10.6 Å². The minimum atomic E-state index is 0.794. The molecule has 2 heteroatoms. The molecule has 0 aromatic carbocycles. The maximum atomic E-state index is 3.54. The van der Waals surface area contributed by atoms with Gasteiger partial charge in [-0.05, 0) is 38.3 Å². The van der Waals surface area contributed by atoms with E-state index in [1.165, 1.54) is 38.9 Å². The van der Waals surface area contributed by atoms with Crippen molar-refractivity contribution in [3.05, 3.63) is 0 Å². The highest BCUT2D eigenvalue weighted by Gasteiger charge is 2.27. The van der Waals surface area contributed by atoms with Crippen molar-refractivity contribution in [1.82, 2.24) is 10.6 Å². The quantitative estimate of drug-likeness (QED) is 0.507. The van der Waals surface area contributed by atoms with Crippen molar-refractivity contribution in [2.75, 3.05) is 19.6 Å². The molecule has 2 unspecified atom stereocenters. The molecule has 2 nitrogen and oxygen atoms in total. The molecule has 58 valence electrons. The van der Waals surface area contributed by atoms with E-state index in [0.29, 0.717) is 0 Å². The first-order valence-electron chi connectivity index (χ1n) is 4.41. The van der Waals surface area contributed by atoms with E-state index < -0.39 is 0 Å². The van der Waals surface area contributed by atoms with Gasteiger partial charge < -0.3 is 10.6 Å². The van der Waals surface area contributed by atoms with Gasteiger partial charge in [-0.25, -0.2) is 0 Å². The minimum absolute atomic E-state index is 0.794. The van der Waals surface area contributed by atoms with Gasteiger partial charge in [-0.15, -0.1) is 0 Å². The summed E-state index contributed by atoms with van der Waals surface area (Å²) in [6.07, 6.45) is 4.22. The molecule has 10 heavy (non-hydrogen) atoms. The van der Waals surface area contributed by atoms with Crippen LogP contribution in [0.25, 0.3) is 0 Å². The Balaban J connectivity index is 1.95. The molecule has 0 amide bonds. The molecule has 0 saturated carbocycles. The van der Waals surface area contributed by atoms with Crippen molar-refractivity contribution in [2.45, 2.75) is 25.3 Å². The number of hydrogen-bond acceptors (Lipinski definition) is 2. The lowest BCUT2D eigenvalue weighted by molar-refractivity contribution is 0.440. The number of fused-ring (bicyclic) bond motifs is 1. The summed E-state index contributed by atoms with van der Waals surface area (Å²) in [4.78, 5) is 0. The molecular formula is C8H16N2. The zero-order chi connectivity index (χ0) is 6.81. The fourth-order valence-corrected chi connectivity index (χ4v) is 2.15. The van der Waals surface area contributed by atoms with Gasteiger partial charge in [0, 0.05) is 12.6 Å². The Hall–Kier alpha value is -0.0800. The van der Waals surface area contributed by atoms with E-state index >= 15 is 0 Å². The van der Waals surface area contributed by atoms with Gasteiger partial charge >= 0.3 is 0 Å². The van der Waals surface area contributed by atoms with Crippen molar-refractivity contribution in [3.63, 3.8) is 0 Å². The average Bonchev–Trinajstić information content (AvgIpc) is 2.28. The smallest absolute Gasteiger partial charge is 0.0221 e. The van der Waals surface area contributed by atoms with E-state index in [9.17, 15) is 0 Å². The van der Waals surface area contributed by atoms with Crippen molar-refractivity contribution >= 4 is 0 Å². The van der Waals surface area contributed by atoms with Crippen LogP contribution in [0.5, 0.6) is 0 Å². The molecule has 2 saturated heterocycles. The van der Waals surface area contributed by atoms with Crippen molar-refractivity contribution < 1.29 is 0 Å². The highest BCUT2D eigenvalue weighted by Crippen LogP contribution is 2.21. The van der Waals surface area contributed by atoms with Gasteiger partial charge in [-0.3, -0.25) is 0 Å². The first-order chi connectivity index (χ1) is 4.97. The van der Waals surface area contributed by atoms with E-state index in [0.717, 1.165) is 12.0 Å². The Kier molecular flexibility index (Phi) is 1.91. The van der Waals surface area contributed by atoms with Gasteiger partial charge in [0.15, 0.2) is 0 Å². The second-order valence-corrected chi connectivity index (χ2v) is 3.46. The molecule has 0 radical (unpaired) electrons. The van der Waals surface area contributed by atoms with Gasteiger partial charge in [-0.2, -0.15) is 0 Å². The molecule has 0 aromatic rings. The summed E-state index contributed by atoms with van der Waals surface area (Å²) in [5, 5.41) is 6.99. The second-order valence-electron chi connectivity index (χ2n) is 3.46. The first kappa shape index (κ1) is 6.62. The van der Waals surface area contributed by atoms with E-state index in [2.05, 4.69) is 10.6 Å². The Labute approximate surface area is 62.4 Å². The Morgan fingerprint density at radius 2 is 2.10 bits per heavy atom. The average molecular weight is 140 g/mol. The Morgan fingerprint density at radius 1 is 1.10 bits per heavy atom. The van der Waals surface area contributed by atoms with Crippen LogP contribution in [0.3, 0.4) is 0 Å². The molecule has 2 heterocycles. The maximum Gasteiger partial charge on any atom is 0.0221 e. The van der Waals surface area contributed by atoms with Gasteiger partial charge in [-0.1, -0.05) is 0 Å². The molecular weight excluding hydrogens is 124 g/mol. The SMILES string of the molecule is C1CNCC2NCCC2C1. The largest absolute Gasteiger partial charge is 0.315 e. The van der Waals surface area contributed by atoms with Crippen LogP contribution in [0.2, 0.25) is 0 Å². The summed E-state index contributed by atoms with van der Waals surface area (Å²) in [6, 6.07) is 0.794. The zero-order valence-electron chi connectivity index (χ0n) is 6.40. The number of nitrogens with one attached hydrogen (secondary N) is 2. The lowest BCUT2D eigenvalue weighted by atomic mass is 9.97. The van der Waals surface area contributed by atoms with Crippen LogP contribution in [0.1, 0.15) is 19.3 Å². The molecule has 2 rings (SSSR count). The van der Waals surface area contributed by atoms with Crippen LogP contribution in [-0.2, 0) is 0 Å². The summed E-state index contributed by atoms with van der Waals surface area (Å²) in [5.74, 6) is 0.981. The minimum Gasteiger partial charge on any atom is -0.315 e. The molecule has 2 N–H and O–H groups in total. The number of rotatable bonds is 0. The van der Waals surface area contributed by atoms with Crippen LogP contribution >= 0.6 is 0 Å². The molecule has 2 fully saturated rings. The predicted octanol–water partition coefficient (Wildman–Crippen LogP) is 0.348. The summed E-state index contributed by atoms with van der Waals surface area (Å²) >= 11 is 0. The first-order valence-corrected chi connectivity index (χ1v) is 4.41. The van der Waals surface area contributed by atoms with Gasteiger partial charge in [0.25, 0.3) is 0 Å². The van der Waals surface area contributed by atoms with Crippen LogP contribution in [0, 0.1) is 5.92 Å². The summed E-state index contributed by atoms with van der Waals surface area (Å²) < 4.78 is 0. The third-order valence-corrected chi connectivity index (χ3v) is 2.78. The Morgan fingerprint density at radius 3 is 3.10 bits per heavy atom. The molecule has 2 aliphatic heterocycles. The van der Waals surface area contributed by atoms with E-state index in [-0.39, 0.29) is 0 Å². The van der Waals surface area contributed by atoms with Crippen LogP contribution in [0.4, 0.5) is 0 Å². The lowest BCUT2D eigenvalue weighted by Gasteiger charge is -2.14. The predicted molar refractivity (Wildman–Crippen MR) is 42.0 cm³/mol. The highest BCUT2D eigenvalue weighted by atomic mass is 15.0. The zero-order valence-corrected chi connectivity index (χ0v) is 6.40. The van der Waals surface area contributed by atoms with Crippen LogP contribution in [-0.4, -0.2) is 25.7 Å². The molecule has 0 aromatic heterocycles. The fourth-order valence-electron chi connectivity index (χ4n) is 2.15. The van der Waals surface area contributed by atoms with Gasteiger partial charge in [0.2, 0.25) is 0 Å². The monoisotopic (exact) mass is 140 g/mol. The van der Waals surface area contributed by atoms with Crippen LogP contribution in [0.15, 0.2) is 0 Å². The molecule has 0 bridgehead atoms. The molecule has 0 spiro atoms. The van der Waals surface area contributed by atoms with E-state index in [1.54, 1.807) is 0 Å². The second kappa shape index (κ2) is 2.89. The molecule has 0 aliphatic carbocycles. The molecule has 2 aliphatic rings. The third kappa shape index (κ3) is 1.18. The van der Waals surface area contributed by atoms with Crippen molar-refractivity contribution in [3.8, 4) is 0 Å². The van der Waals surface area contributed by atoms with E-state index in [4.69, 9.17) is 0 Å². The number of hydrogen-bond donors (Lipinski definition) is 2. The van der Waals surface area contributed by atoms with Crippen molar-refractivity contribution in [2.24, 2.45) is 5.92 Å². The van der Waals surface area contributed by atoms with Gasteiger partial charge in [0.1, 0.15) is 0 Å². The Bertz CT molecular complexity index is 102. The maximum absolute atomic E-state index is 3.54. The van der Waals surface area contributed by atoms with Crippen molar-refractivity contribution in [1.29, 1.82) is 0 Å².